The predicted octanol–water partition coefficient (Wildman–Crippen LogP) is 2.73. The number of carbonyl (C=O) groups excluding carboxylic acids is 1. The summed E-state index contributed by atoms with van der Waals surface area (Å²) in [5, 5.41) is 2.72. The van der Waals surface area contributed by atoms with Crippen molar-refractivity contribution in [3.63, 3.8) is 0 Å². The Morgan fingerprint density at radius 1 is 1.04 bits per heavy atom. The standard InChI is InChI=1S/C19H21F2N3O2/c1-23-8-10-24(11-9-23)15-4-2-14(3-5-15)22-19(25)13-26-16-6-7-17(20)18(21)12-16/h2-7,12H,8-11,13H2,1H3,(H,22,25). The second-order valence-electron chi connectivity index (χ2n) is 6.25. The van der Waals surface area contributed by atoms with Gasteiger partial charge in [-0.1, -0.05) is 0 Å². The maximum Gasteiger partial charge on any atom is 0.262 e. The Hall–Kier alpha value is -2.67. The van der Waals surface area contributed by atoms with Crippen LogP contribution in [0.3, 0.4) is 0 Å². The lowest BCUT2D eigenvalue weighted by Crippen LogP contribution is -2.44. The van der Waals surface area contributed by atoms with E-state index in [-0.39, 0.29) is 18.3 Å². The average Bonchev–Trinajstić information content (AvgIpc) is 2.64. The lowest BCUT2D eigenvalue weighted by molar-refractivity contribution is -0.118. The molecule has 1 amide bonds. The molecule has 1 saturated heterocycles. The first-order chi connectivity index (χ1) is 12.5. The van der Waals surface area contributed by atoms with E-state index in [9.17, 15) is 13.6 Å². The Morgan fingerprint density at radius 2 is 1.73 bits per heavy atom. The van der Waals surface area contributed by atoms with Crippen molar-refractivity contribution in [2.75, 3.05) is 50.1 Å². The monoisotopic (exact) mass is 361 g/mol. The molecule has 0 spiro atoms. The Kier molecular flexibility index (Phi) is 5.68. The number of piperazine rings is 1. The number of rotatable bonds is 5. The summed E-state index contributed by atoms with van der Waals surface area (Å²) in [7, 11) is 2.11. The fourth-order valence-corrected chi connectivity index (χ4v) is 2.73. The lowest BCUT2D eigenvalue weighted by Gasteiger charge is -2.34. The highest BCUT2D eigenvalue weighted by atomic mass is 19.2. The molecule has 2 aromatic rings. The van der Waals surface area contributed by atoms with Crippen LogP contribution in [0.2, 0.25) is 0 Å². The number of anilines is 2. The van der Waals surface area contributed by atoms with Crippen LogP contribution in [0.4, 0.5) is 20.2 Å². The molecule has 0 bridgehead atoms. The third-order valence-corrected chi connectivity index (χ3v) is 4.28. The van der Waals surface area contributed by atoms with Crippen LogP contribution in [0, 0.1) is 11.6 Å². The number of halogens is 2. The van der Waals surface area contributed by atoms with E-state index in [2.05, 4.69) is 22.2 Å². The van der Waals surface area contributed by atoms with Gasteiger partial charge in [0.2, 0.25) is 0 Å². The van der Waals surface area contributed by atoms with E-state index in [1.54, 1.807) is 0 Å². The first kappa shape index (κ1) is 18.1. The first-order valence-corrected chi connectivity index (χ1v) is 8.42. The number of likely N-dealkylation sites (N-methyl/N-ethyl adjacent to an activating group) is 1. The molecule has 0 unspecified atom stereocenters. The van der Waals surface area contributed by atoms with Gasteiger partial charge < -0.3 is 19.9 Å². The predicted molar refractivity (Wildman–Crippen MR) is 96.6 cm³/mol. The molecule has 0 aromatic heterocycles. The third kappa shape index (κ3) is 4.70. The fraction of sp³-hybridized carbons (Fsp3) is 0.316. The molecule has 138 valence electrons. The van der Waals surface area contributed by atoms with Crippen LogP contribution >= 0.6 is 0 Å². The summed E-state index contributed by atoms with van der Waals surface area (Å²) in [5.74, 6) is -2.24. The summed E-state index contributed by atoms with van der Waals surface area (Å²) < 4.78 is 31.1. The van der Waals surface area contributed by atoms with Gasteiger partial charge >= 0.3 is 0 Å². The molecule has 1 N–H and O–H groups in total. The van der Waals surface area contributed by atoms with E-state index in [0.29, 0.717) is 5.69 Å². The van der Waals surface area contributed by atoms with Gasteiger partial charge in [-0.25, -0.2) is 8.78 Å². The average molecular weight is 361 g/mol. The molecule has 0 aliphatic carbocycles. The molecule has 0 atom stereocenters. The summed E-state index contributed by atoms with van der Waals surface area (Å²) in [6.45, 7) is 3.72. The summed E-state index contributed by atoms with van der Waals surface area (Å²) in [4.78, 5) is 16.5. The minimum Gasteiger partial charge on any atom is -0.484 e. The van der Waals surface area contributed by atoms with Crippen molar-refractivity contribution in [3.05, 3.63) is 54.1 Å². The van der Waals surface area contributed by atoms with Gasteiger partial charge in [0.15, 0.2) is 18.2 Å². The van der Waals surface area contributed by atoms with Crippen LogP contribution < -0.4 is 15.0 Å². The van der Waals surface area contributed by atoms with Gasteiger partial charge in [0.1, 0.15) is 5.75 Å². The summed E-state index contributed by atoms with van der Waals surface area (Å²) in [6.07, 6.45) is 0. The van der Waals surface area contributed by atoms with Crippen molar-refractivity contribution in [2.24, 2.45) is 0 Å². The van der Waals surface area contributed by atoms with E-state index in [4.69, 9.17) is 4.74 Å². The molecule has 1 heterocycles. The van der Waals surface area contributed by atoms with Crippen molar-refractivity contribution in [1.29, 1.82) is 0 Å². The number of nitrogens with zero attached hydrogens (tertiary/aromatic N) is 2. The summed E-state index contributed by atoms with van der Waals surface area (Å²) in [5.41, 5.74) is 1.77. The molecule has 0 saturated carbocycles. The molecule has 2 aromatic carbocycles. The van der Waals surface area contributed by atoms with Gasteiger partial charge in [-0.15, -0.1) is 0 Å². The topological polar surface area (TPSA) is 44.8 Å². The summed E-state index contributed by atoms with van der Waals surface area (Å²) in [6, 6.07) is 10.8. The smallest absolute Gasteiger partial charge is 0.262 e. The van der Waals surface area contributed by atoms with E-state index in [1.807, 2.05) is 24.3 Å². The van der Waals surface area contributed by atoms with Gasteiger partial charge in [0.25, 0.3) is 5.91 Å². The van der Waals surface area contributed by atoms with Crippen molar-refractivity contribution < 1.29 is 18.3 Å². The molecule has 0 radical (unpaired) electrons. The second kappa shape index (κ2) is 8.14. The third-order valence-electron chi connectivity index (χ3n) is 4.28. The molecular formula is C19H21F2N3O2. The van der Waals surface area contributed by atoms with Crippen LogP contribution in [0.25, 0.3) is 0 Å². The Balaban J connectivity index is 1.50. The highest BCUT2D eigenvalue weighted by Gasteiger charge is 2.14. The van der Waals surface area contributed by atoms with E-state index in [1.165, 1.54) is 6.07 Å². The SMILES string of the molecule is CN1CCN(c2ccc(NC(=O)COc3ccc(F)c(F)c3)cc2)CC1. The first-order valence-electron chi connectivity index (χ1n) is 8.42. The van der Waals surface area contributed by atoms with Crippen molar-refractivity contribution >= 4 is 17.3 Å². The van der Waals surface area contributed by atoms with Crippen LogP contribution in [-0.2, 0) is 4.79 Å². The van der Waals surface area contributed by atoms with E-state index >= 15 is 0 Å². The molecule has 1 aliphatic heterocycles. The maximum atomic E-state index is 13.1. The molecule has 3 rings (SSSR count). The number of ether oxygens (including phenoxy) is 1. The highest BCUT2D eigenvalue weighted by Crippen LogP contribution is 2.19. The molecule has 5 nitrogen and oxygen atoms in total. The quantitative estimate of drug-likeness (QED) is 0.890. The zero-order chi connectivity index (χ0) is 18.5. The normalized spacial score (nSPS) is 15.0. The van der Waals surface area contributed by atoms with Crippen molar-refractivity contribution in [1.82, 2.24) is 4.90 Å². The van der Waals surface area contributed by atoms with Gasteiger partial charge in [-0.3, -0.25) is 4.79 Å². The molecule has 1 fully saturated rings. The second-order valence-corrected chi connectivity index (χ2v) is 6.25. The highest BCUT2D eigenvalue weighted by molar-refractivity contribution is 5.92. The Bertz CT molecular complexity index is 760. The molecule has 1 aliphatic rings. The van der Waals surface area contributed by atoms with Gasteiger partial charge in [-0.05, 0) is 43.4 Å². The van der Waals surface area contributed by atoms with Crippen molar-refractivity contribution in [3.8, 4) is 5.75 Å². The number of benzene rings is 2. The maximum absolute atomic E-state index is 13.1. The zero-order valence-electron chi connectivity index (χ0n) is 14.5. The zero-order valence-corrected chi connectivity index (χ0v) is 14.5. The Morgan fingerprint density at radius 3 is 2.38 bits per heavy atom. The number of hydrogen-bond acceptors (Lipinski definition) is 4. The number of nitrogens with one attached hydrogen (secondary N) is 1. The lowest BCUT2D eigenvalue weighted by atomic mass is 10.2. The van der Waals surface area contributed by atoms with Crippen LogP contribution in [-0.4, -0.2) is 50.6 Å². The van der Waals surface area contributed by atoms with Crippen LogP contribution in [0.5, 0.6) is 5.75 Å². The minimum absolute atomic E-state index is 0.101. The van der Waals surface area contributed by atoms with Crippen molar-refractivity contribution in [2.45, 2.75) is 0 Å². The fourth-order valence-electron chi connectivity index (χ4n) is 2.73. The van der Waals surface area contributed by atoms with E-state index in [0.717, 1.165) is 44.0 Å². The summed E-state index contributed by atoms with van der Waals surface area (Å²) >= 11 is 0. The van der Waals surface area contributed by atoms with Gasteiger partial charge in [0, 0.05) is 43.6 Å². The number of amides is 1. The molecule has 26 heavy (non-hydrogen) atoms. The van der Waals surface area contributed by atoms with Gasteiger partial charge in [0.05, 0.1) is 0 Å². The molecular weight excluding hydrogens is 340 g/mol. The van der Waals surface area contributed by atoms with Gasteiger partial charge in [-0.2, -0.15) is 0 Å². The van der Waals surface area contributed by atoms with Crippen LogP contribution in [0.1, 0.15) is 0 Å². The van der Waals surface area contributed by atoms with E-state index < -0.39 is 11.6 Å². The number of carbonyl (C=O) groups is 1. The van der Waals surface area contributed by atoms with Crippen LogP contribution in [0.15, 0.2) is 42.5 Å². The molecule has 7 heteroatoms. The number of hydrogen-bond donors (Lipinski definition) is 1. The Labute approximate surface area is 151 Å². The largest absolute Gasteiger partial charge is 0.484 e. The minimum atomic E-state index is -1.01.